The van der Waals surface area contributed by atoms with Crippen LogP contribution in [0.15, 0.2) is 42.5 Å². The van der Waals surface area contributed by atoms with E-state index in [2.05, 4.69) is 18.4 Å². The second-order valence-corrected chi connectivity index (χ2v) is 5.17. The van der Waals surface area contributed by atoms with Crippen molar-refractivity contribution in [2.45, 2.75) is 19.4 Å². The van der Waals surface area contributed by atoms with Crippen LogP contribution in [0.2, 0.25) is 5.02 Å². The first-order valence-corrected chi connectivity index (χ1v) is 6.87. The number of nitrogens with one attached hydrogen (secondary N) is 1. The van der Waals surface area contributed by atoms with Gasteiger partial charge in [-0.15, -0.1) is 0 Å². The summed E-state index contributed by atoms with van der Waals surface area (Å²) >= 11 is 6.24. The van der Waals surface area contributed by atoms with Crippen molar-refractivity contribution in [1.82, 2.24) is 5.43 Å². The predicted molar refractivity (Wildman–Crippen MR) is 83.0 cm³/mol. The normalized spacial score (nSPS) is 12.2. The van der Waals surface area contributed by atoms with Crippen LogP contribution in [0, 0.1) is 6.92 Å². The summed E-state index contributed by atoms with van der Waals surface area (Å²) in [6.07, 6.45) is 0.713. The van der Waals surface area contributed by atoms with Gasteiger partial charge in [-0.3, -0.25) is 11.3 Å². The molecule has 20 heavy (non-hydrogen) atoms. The van der Waals surface area contributed by atoms with E-state index in [-0.39, 0.29) is 6.04 Å². The summed E-state index contributed by atoms with van der Waals surface area (Å²) in [6, 6.07) is 13.8. The van der Waals surface area contributed by atoms with Gasteiger partial charge in [0.25, 0.3) is 0 Å². The molecule has 0 aliphatic rings. The van der Waals surface area contributed by atoms with Crippen LogP contribution in [0.5, 0.6) is 5.75 Å². The maximum absolute atomic E-state index is 6.24. The molecule has 0 saturated heterocycles. The standard InChI is InChI=1S/C16H19ClN2O/c1-11-7-8-16(20-2)12(9-11)10-15(19-18)13-5-3-4-6-14(13)17/h3-9,15,19H,10,18H2,1-2H3. The van der Waals surface area contributed by atoms with Gasteiger partial charge in [-0.1, -0.05) is 47.5 Å². The minimum absolute atomic E-state index is 0.0561. The van der Waals surface area contributed by atoms with Crippen LogP contribution in [0.1, 0.15) is 22.7 Å². The zero-order valence-corrected chi connectivity index (χ0v) is 12.4. The Morgan fingerprint density at radius 1 is 1.25 bits per heavy atom. The lowest BCUT2D eigenvalue weighted by Crippen LogP contribution is -2.30. The number of methoxy groups -OCH3 is 1. The Hall–Kier alpha value is -1.55. The molecule has 1 unspecified atom stereocenters. The van der Waals surface area contributed by atoms with Gasteiger partial charge in [0.1, 0.15) is 5.75 Å². The Bertz CT molecular complexity index is 586. The summed E-state index contributed by atoms with van der Waals surface area (Å²) in [4.78, 5) is 0. The van der Waals surface area contributed by atoms with Crippen molar-refractivity contribution in [3.63, 3.8) is 0 Å². The van der Waals surface area contributed by atoms with Crippen LogP contribution in [0.3, 0.4) is 0 Å². The molecule has 0 heterocycles. The maximum atomic E-state index is 6.24. The molecule has 3 N–H and O–H groups in total. The summed E-state index contributed by atoms with van der Waals surface area (Å²) in [7, 11) is 1.68. The average Bonchev–Trinajstić information content (AvgIpc) is 2.46. The van der Waals surface area contributed by atoms with E-state index in [1.54, 1.807) is 7.11 Å². The molecule has 2 rings (SSSR count). The van der Waals surface area contributed by atoms with Crippen molar-refractivity contribution >= 4 is 11.6 Å². The van der Waals surface area contributed by atoms with Crippen LogP contribution >= 0.6 is 11.6 Å². The number of hydrogen-bond donors (Lipinski definition) is 2. The van der Waals surface area contributed by atoms with E-state index in [4.69, 9.17) is 22.2 Å². The summed E-state index contributed by atoms with van der Waals surface area (Å²) < 4.78 is 5.41. The molecule has 0 aromatic heterocycles. The lowest BCUT2D eigenvalue weighted by Gasteiger charge is -2.19. The molecule has 106 valence electrons. The highest BCUT2D eigenvalue weighted by atomic mass is 35.5. The van der Waals surface area contributed by atoms with Gasteiger partial charge in [-0.05, 0) is 36.6 Å². The van der Waals surface area contributed by atoms with Crippen LogP contribution in [0.4, 0.5) is 0 Å². The first kappa shape index (κ1) is 14.9. The molecule has 1 atom stereocenters. The van der Waals surface area contributed by atoms with Crippen molar-refractivity contribution < 1.29 is 4.74 Å². The van der Waals surface area contributed by atoms with E-state index in [9.17, 15) is 0 Å². The molecule has 0 bridgehead atoms. The topological polar surface area (TPSA) is 47.3 Å². The quantitative estimate of drug-likeness (QED) is 0.655. The summed E-state index contributed by atoms with van der Waals surface area (Å²) in [5, 5.41) is 0.710. The van der Waals surface area contributed by atoms with Gasteiger partial charge in [-0.2, -0.15) is 0 Å². The Kier molecular flexibility index (Phi) is 5.01. The fourth-order valence-electron chi connectivity index (χ4n) is 2.30. The van der Waals surface area contributed by atoms with E-state index in [0.29, 0.717) is 11.4 Å². The Balaban J connectivity index is 2.31. The monoisotopic (exact) mass is 290 g/mol. The maximum Gasteiger partial charge on any atom is 0.122 e. The second-order valence-electron chi connectivity index (χ2n) is 4.76. The number of halogens is 1. The van der Waals surface area contributed by atoms with Gasteiger partial charge in [0.2, 0.25) is 0 Å². The Labute approximate surface area is 124 Å². The molecule has 0 radical (unpaired) electrons. The van der Waals surface area contributed by atoms with E-state index in [0.717, 1.165) is 16.9 Å². The van der Waals surface area contributed by atoms with E-state index < -0.39 is 0 Å². The van der Waals surface area contributed by atoms with Gasteiger partial charge in [-0.25, -0.2) is 0 Å². The lowest BCUT2D eigenvalue weighted by molar-refractivity contribution is 0.405. The fourth-order valence-corrected chi connectivity index (χ4v) is 2.57. The van der Waals surface area contributed by atoms with Crippen LogP contribution in [-0.2, 0) is 6.42 Å². The van der Waals surface area contributed by atoms with E-state index >= 15 is 0 Å². The zero-order valence-electron chi connectivity index (χ0n) is 11.7. The number of rotatable bonds is 5. The number of hydrogen-bond acceptors (Lipinski definition) is 3. The highest BCUT2D eigenvalue weighted by molar-refractivity contribution is 6.31. The Morgan fingerprint density at radius 3 is 2.65 bits per heavy atom. The van der Waals surface area contributed by atoms with Gasteiger partial charge in [0.05, 0.1) is 13.2 Å². The minimum atomic E-state index is -0.0561. The minimum Gasteiger partial charge on any atom is -0.496 e. The third kappa shape index (κ3) is 3.31. The van der Waals surface area contributed by atoms with Gasteiger partial charge in [0, 0.05) is 5.02 Å². The first-order chi connectivity index (χ1) is 9.65. The molecule has 2 aromatic carbocycles. The van der Waals surface area contributed by atoms with Crippen molar-refractivity contribution in [3.8, 4) is 5.75 Å². The highest BCUT2D eigenvalue weighted by Crippen LogP contribution is 2.29. The second kappa shape index (κ2) is 6.75. The highest BCUT2D eigenvalue weighted by Gasteiger charge is 2.16. The van der Waals surface area contributed by atoms with Crippen molar-refractivity contribution in [3.05, 3.63) is 64.2 Å². The van der Waals surface area contributed by atoms with Crippen molar-refractivity contribution in [2.75, 3.05) is 7.11 Å². The van der Waals surface area contributed by atoms with Crippen LogP contribution in [0.25, 0.3) is 0 Å². The largest absolute Gasteiger partial charge is 0.496 e. The molecular formula is C16H19ClN2O. The van der Waals surface area contributed by atoms with Crippen molar-refractivity contribution in [1.29, 1.82) is 0 Å². The number of aryl methyl sites for hydroxylation is 1. The van der Waals surface area contributed by atoms with Gasteiger partial charge >= 0.3 is 0 Å². The van der Waals surface area contributed by atoms with E-state index in [1.807, 2.05) is 36.4 Å². The third-order valence-corrected chi connectivity index (χ3v) is 3.69. The Morgan fingerprint density at radius 2 is 2.00 bits per heavy atom. The van der Waals surface area contributed by atoms with E-state index in [1.165, 1.54) is 5.56 Å². The van der Waals surface area contributed by atoms with Crippen LogP contribution in [-0.4, -0.2) is 7.11 Å². The molecule has 0 aliphatic carbocycles. The predicted octanol–water partition coefficient (Wildman–Crippen LogP) is 3.40. The molecule has 2 aromatic rings. The summed E-state index contributed by atoms with van der Waals surface area (Å²) in [5.74, 6) is 6.57. The van der Waals surface area contributed by atoms with Gasteiger partial charge < -0.3 is 4.74 Å². The molecule has 0 saturated carbocycles. The molecule has 0 spiro atoms. The molecule has 0 aliphatic heterocycles. The molecule has 3 nitrogen and oxygen atoms in total. The summed E-state index contributed by atoms with van der Waals surface area (Å²) in [5.41, 5.74) is 6.12. The smallest absolute Gasteiger partial charge is 0.122 e. The number of hydrazine groups is 1. The molecular weight excluding hydrogens is 272 g/mol. The number of ether oxygens (including phenoxy) is 1. The zero-order chi connectivity index (χ0) is 14.5. The number of benzene rings is 2. The SMILES string of the molecule is COc1ccc(C)cc1CC(NN)c1ccccc1Cl. The lowest BCUT2D eigenvalue weighted by atomic mass is 9.97. The summed E-state index contributed by atoms with van der Waals surface area (Å²) in [6.45, 7) is 2.06. The molecule has 0 fully saturated rings. The van der Waals surface area contributed by atoms with Crippen molar-refractivity contribution in [2.24, 2.45) is 5.84 Å². The molecule has 4 heteroatoms. The first-order valence-electron chi connectivity index (χ1n) is 6.49. The number of nitrogens with two attached hydrogens (primary N) is 1. The third-order valence-electron chi connectivity index (χ3n) is 3.34. The average molecular weight is 291 g/mol. The molecule has 0 amide bonds. The van der Waals surface area contributed by atoms with Crippen LogP contribution < -0.4 is 16.0 Å². The van der Waals surface area contributed by atoms with Gasteiger partial charge in [0.15, 0.2) is 0 Å². The fraction of sp³-hybridized carbons (Fsp3) is 0.250.